The van der Waals surface area contributed by atoms with Crippen molar-refractivity contribution in [3.8, 4) is 0 Å². The van der Waals surface area contributed by atoms with E-state index < -0.39 is 0 Å². The van der Waals surface area contributed by atoms with E-state index in [0.29, 0.717) is 11.6 Å². The van der Waals surface area contributed by atoms with E-state index in [1.54, 1.807) is 0 Å². The van der Waals surface area contributed by atoms with Crippen molar-refractivity contribution in [3.05, 3.63) is 35.4 Å². The summed E-state index contributed by atoms with van der Waals surface area (Å²) in [5.74, 6) is 0.858. The molecule has 1 aromatic carbocycles. The molecule has 0 saturated heterocycles. The van der Waals surface area contributed by atoms with Crippen LogP contribution in [0.4, 0.5) is 0 Å². The molecule has 20 heavy (non-hydrogen) atoms. The fraction of sp³-hybridized carbons (Fsp3) is 0.667. The second kappa shape index (κ2) is 5.50. The van der Waals surface area contributed by atoms with E-state index in [1.165, 1.54) is 43.2 Å². The molecule has 2 heteroatoms. The zero-order valence-electron chi connectivity index (χ0n) is 13.2. The molecule has 0 aliphatic heterocycles. The minimum absolute atomic E-state index is 0.415. The third-order valence-corrected chi connectivity index (χ3v) is 5.41. The van der Waals surface area contributed by atoms with Crippen molar-refractivity contribution in [3.63, 3.8) is 0 Å². The minimum atomic E-state index is 0.415. The van der Waals surface area contributed by atoms with Gasteiger partial charge in [0.05, 0.1) is 0 Å². The minimum Gasteiger partial charge on any atom is -0.308 e. The summed E-state index contributed by atoms with van der Waals surface area (Å²) in [5, 5.41) is 3.90. The number of likely N-dealkylation sites (N-methyl/N-ethyl adjacent to an activating group) is 1. The highest BCUT2D eigenvalue weighted by molar-refractivity contribution is 5.25. The van der Waals surface area contributed by atoms with Crippen molar-refractivity contribution >= 4 is 0 Å². The summed E-state index contributed by atoms with van der Waals surface area (Å²) < 4.78 is 0. The van der Waals surface area contributed by atoms with Gasteiger partial charge in [0.1, 0.15) is 0 Å². The maximum Gasteiger partial charge on any atom is 0.0349 e. The lowest BCUT2D eigenvalue weighted by molar-refractivity contribution is 0.0562. The fourth-order valence-electron chi connectivity index (χ4n) is 3.43. The van der Waals surface area contributed by atoms with E-state index in [4.69, 9.17) is 0 Å². The van der Waals surface area contributed by atoms with Gasteiger partial charge in [0.15, 0.2) is 0 Å². The zero-order chi connectivity index (χ0) is 14.2. The monoisotopic (exact) mass is 272 g/mol. The average Bonchev–Trinajstić information content (AvgIpc) is 3.18. The van der Waals surface area contributed by atoms with Crippen LogP contribution in [-0.4, -0.2) is 31.1 Å². The Labute approximate surface area is 123 Å². The topological polar surface area (TPSA) is 15.3 Å². The highest BCUT2D eigenvalue weighted by Crippen LogP contribution is 2.42. The molecule has 1 atom stereocenters. The smallest absolute Gasteiger partial charge is 0.0349 e. The Morgan fingerprint density at radius 1 is 1.20 bits per heavy atom. The van der Waals surface area contributed by atoms with Crippen LogP contribution in [0.25, 0.3) is 0 Å². The normalized spacial score (nSPS) is 22.6. The van der Waals surface area contributed by atoms with Gasteiger partial charge in [-0.3, -0.25) is 0 Å². The predicted molar refractivity (Wildman–Crippen MR) is 84.9 cm³/mol. The van der Waals surface area contributed by atoms with Crippen LogP contribution in [0.5, 0.6) is 0 Å². The Morgan fingerprint density at radius 3 is 2.30 bits per heavy atom. The molecular formula is C18H28N2. The number of hydrogen-bond acceptors (Lipinski definition) is 2. The van der Waals surface area contributed by atoms with E-state index in [2.05, 4.69) is 55.5 Å². The summed E-state index contributed by atoms with van der Waals surface area (Å²) in [7, 11) is 4.47. The first-order chi connectivity index (χ1) is 9.61. The number of nitrogens with zero attached hydrogens (tertiary/aromatic N) is 1. The van der Waals surface area contributed by atoms with Crippen molar-refractivity contribution in [1.29, 1.82) is 0 Å². The average molecular weight is 272 g/mol. The molecule has 2 nitrogen and oxygen atoms in total. The molecule has 2 fully saturated rings. The maximum atomic E-state index is 3.90. The van der Waals surface area contributed by atoms with Gasteiger partial charge >= 0.3 is 0 Å². The SMILES string of the molecule is Cc1ccc(C(NCC2(N(C)C)CCC2)C2CC2)cc1. The summed E-state index contributed by atoms with van der Waals surface area (Å²) in [6.07, 6.45) is 6.86. The van der Waals surface area contributed by atoms with E-state index in [0.717, 1.165) is 12.5 Å². The Hall–Kier alpha value is -0.860. The van der Waals surface area contributed by atoms with Crippen molar-refractivity contribution in [1.82, 2.24) is 10.2 Å². The Bertz CT molecular complexity index is 441. The van der Waals surface area contributed by atoms with E-state index in [1.807, 2.05) is 0 Å². The Balaban J connectivity index is 1.67. The molecule has 1 aromatic rings. The highest BCUT2D eigenvalue weighted by atomic mass is 15.2. The summed E-state index contributed by atoms with van der Waals surface area (Å²) in [6, 6.07) is 9.69. The summed E-state index contributed by atoms with van der Waals surface area (Å²) >= 11 is 0. The van der Waals surface area contributed by atoms with Crippen LogP contribution in [0.2, 0.25) is 0 Å². The molecular weight excluding hydrogens is 244 g/mol. The van der Waals surface area contributed by atoms with Crippen LogP contribution >= 0.6 is 0 Å². The Morgan fingerprint density at radius 2 is 1.85 bits per heavy atom. The molecule has 1 unspecified atom stereocenters. The molecule has 0 bridgehead atoms. The number of benzene rings is 1. The predicted octanol–water partition coefficient (Wildman–Crippen LogP) is 3.52. The van der Waals surface area contributed by atoms with Crippen LogP contribution in [0.1, 0.15) is 49.3 Å². The van der Waals surface area contributed by atoms with Gasteiger partial charge in [0.25, 0.3) is 0 Å². The summed E-state index contributed by atoms with van der Waals surface area (Å²) in [4.78, 5) is 2.43. The molecule has 2 aliphatic carbocycles. The molecule has 2 aliphatic rings. The largest absolute Gasteiger partial charge is 0.308 e. The van der Waals surface area contributed by atoms with Crippen molar-refractivity contribution in [2.24, 2.45) is 5.92 Å². The first-order valence-electron chi connectivity index (χ1n) is 8.08. The van der Waals surface area contributed by atoms with Crippen LogP contribution in [-0.2, 0) is 0 Å². The van der Waals surface area contributed by atoms with Gasteiger partial charge in [-0.1, -0.05) is 29.8 Å². The second-order valence-corrected chi connectivity index (χ2v) is 7.08. The second-order valence-electron chi connectivity index (χ2n) is 7.08. The van der Waals surface area contributed by atoms with Gasteiger partial charge in [0, 0.05) is 18.1 Å². The first kappa shape index (κ1) is 14.1. The molecule has 3 rings (SSSR count). The van der Waals surface area contributed by atoms with Gasteiger partial charge in [0.2, 0.25) is 0 Å². The van der Waals surface area contributed by atoms with Gasteiger partial charge in [-0.25, -0.2) is 0 Å². The van der Waals surface area contributed by atoms with Crippen LogP contribution in [0.3, 0.4) is 0 Å². The molecule has 2 saturated carbocycles. The van der Waals surface area contributed by atoms with Crippen LogP contribution < -0.4 is 5.32 Å². The molecule has 1 N–H and O–H groups in total. The molecule has 110 valence electrons. The third kappa shape index (κ3) is 2.77. The molecule has 0 aromatic heterocycles. The lowest BCUT2D eigenvalue weighted by Gasteiger charge is -2.48. The van der Waals surface area contributed by atoms with Crippen LogP contribution in [0, 0.1) is 12.8 Å². The van der Waals surface area contributed by atoms with E-state index in [9.17, 15) is 0 Å². The highest BCUT2D eigenvalue weighted by Gasteiger charge is 2.40. The number of nitrogens with one attached hydrogen (secondary N) is 1. The summed E-state index contributed by atoms with van der Waals surface area (Å²) in [5.41, 5.74) is 3.25. The van der Waals surface area contributed by atoms with Gasteiger partial charge in [-0.2, -0.15) is 0 Å². The fourth-order valence-corrected chi connectivity index (χ4v) is 3.43. The maximum absolute atomic E-state index is 3.90. The van der Waals surface area contributed by atoms with Gasteiger partial charge in [-0.05, 0) is 64.6 Å². The number of rotatable bonds is 6. The van der Waals surface area contributed by atoms with Gasteiger partial charge in [-0.15, -0.1) is 0 Å². The zero-order valence-corrected chi connectivity index (χ0v) is 13.2. The Kier molecular flexibility index (Phi) is 3.87. The van der Waals surface area contributed by atoms with Crippen molar-refractivity contribution in [2.75, 3.05) is 20.6 Å². The lowest BCUT2D eigenvalue weighted by Crippen LogP contribution is -2.56. The number of hydrogen-bond donors (Lipinski definition) is 1. The number of aryl methyl sites for hydroxylation is 1. The van der Waals surface area contributed by atoms with Crippen LogP contribution in [0.15, 0.2) is 24.3 Å². The lowest BCUT2D eigenvalue weighted by atomic mass is 9.75. The van der Waals surface area contributed by atoms with E-state index >= 15 is 0 Å². The molecule has 0 amide bonds. The molecule has 0 radical (unpaired) electrons. The summed E-state index contributed by atoms with van der Waals surface area (Å²) in [6.45, 7) is 3.30. The quantitative estimate of drug-likeness (QED) is 0.852. The van der Waals surface area contributed by atoms with Gasteiger partial charge < -0.3 is 10.2 Å². The first-order valence-corrected chi connectivity index (χ1v) is 8.08. The van der Waals surface area contributed by atoms with E-state index in [-0.39, 0.29) is 0 Å². The van der Waals surface area contributed by atoms with Crippen molar-refractivity contribution < 1.29 is 0 Å². The molecule has 0 heterocycles. The standard InChI is InChI=1S/C18H28N2/c1-14-5-7-15(8-6-14)17(16-9-10-16)19-13-18(20(2)3)11-4-12-18/h5-8,16-17,19H,4,9-13H2,1-3H3. The molecule has 0 spiro atoms. The third-order valence-electron chi connectivity index (χ3n) is 5.41. The van der Waals surface area contributed by atoms with Crippen molar-refractivity contribution in [2.45, 2.75) is 50.6 Å².